The zero-order chi connectivity index (χ0) is 16.2. The van der Waals surface area contributed by atoms with Gasteiger partial charge in [0.05, 0.1) is 24.8 Å². The van der Waals surface area contributed by atoms with Gasteiger partial charge in [0.1, 0.15) is 5.76 Å². The van der Waals surface area contributed by atoms with Crippen LogP contribution in [-0.2, 0) is 16.0 Å². The van der Waals surface area contributed by atoms with E-state index in [9.17, 15) is 4.79 Å². The molecular formula is C17H21N3O3. The maximum absolute atomic E-state index is 12.9. The summed E-state index contributed by atoms with van der Waals surface area (Å²) in [6.45, 7) is 5.02. The number of hydrogen-bond acceptors (Lipinski definition) is 5. The van der Waals surface area contributed by atoms with E-state index in [0.717, 1.165) is 36.4 Å². The average Bonchev–Trinajstić information content (AvgIpc) is 3.18. The first-order chi connectivity index (χ1) is 11.1. The monoisotopic (exact) mass is 315 g/mol. The minimum atomic E-state index is 0.0149. The van der Waals surface area contributed by atoms with Crippen molar-refractivity contribution in [2.75, 3.05) is 18.1 Å². The minimum absolute atomic E-state index is 0.0149. The van der Waals surface area contributed by atoms with E-state index < -0.39 is 0 Å². The zero-order valence-corrected chi connectivity index (χ0v) is 13.5. The van der Waals surface area contributed by atoms with Crippen molar-refractivity contribution in [1.29, 1.82) is 0 Å². The molecule has 0 saturated carbocycles. The molecule has 23 heavy (non-hydrogen) atoms. The molecule has 1 atom stereocenters. The van der Waals surface area contributed by atoms with E-state index >= 15 is 0 Å². The summed E-state index contributed by atoms with van der Waals surface area (Å²) >= 11 is 0. The zero-order valence-electron chi connectivity index (χ0n) is 13.5. The van der Waals surface area contributed by atoms with Crippen LogP contribution in [0.3, 0.4) is 0 Å². The van der Waals surface area contributed by atoms with Gasteiger partial charge in [0.15, 0.2) is 0 Å². The third-order valence-corrected chi connectivity index (χ3v) is 4.19. The molecule has 1 amide bonds. The van der Waals surface area contributed by atoms with E-state index in [1.165, 1.54) is 0 Å². The van der Waals surface area contributed by atoms with Gasteiger partial charge in [-0.2, -0.15) is 0 Å². The van der Waals surface area contributed by atoms with Gasteiger partial charge in [-0.05, 0) is 38.8 Å². The smallest absolute Gasteiger partial charge is 0.231 e. The summed E-state index contributed by atoms with van der Waals surface area (Å²) in [6.07, 6.45) is 5.79. The second-order valence-corrected chi connectivity index (χ2v) is 5.82. The minimum Gasteiger partial charge on any atom is -0.376 e. The number of carbonyl (C=O) groups is 1. The Balaban J connectivity index is 1.80. The Morgan fingerprint density at radius 2 is 2.13 bits per heavy atom. The van der Waals surface area contributed by atoms with E-state index in [4.69, 9.17) is 9.26 Å². The van der Waals surface area contributed by atoms with Crippen molar-refractivity contribution in [2.24, 2.45) is 0 Å². The van der Waals surface area contributed by atoms with Crippen LogP contribution >= 0.6 is 0 Å². The van der Waals surface area contributed by atoms with Crippen LogP contribution in [0.25, 0.3) is 0 Å². The Hall–Kier alpha value is -2.21. The predicted molar refractivity (Wildman–Crippen MR) is 85.2 cm³/mol. The molecule has 0 radical (unpaired) electrons. The third-order valence-electron chi connectivity index (χ3n) is 4.19. The van der Waals surface area contributed by atoms with Crippen LogP contribution in [0.15, 0.2) is 29.0 Å². The topological polar surface area (TPSA) is 68.5 Å². The second-order valence-electron chi connectivity index (χ2n) is 5.82. The highest BCUT2D eigenvalue weighted by atomic mass is 16.5. The number of hydrogen-bond donors (Lipinski definition) is 0. The molecule has 1 fully saturated rings. The summed E-state index contributed by atoms with van der Waals surface area (Å²) in [6, 6.07) is 3.69. The number of aromatic nitrogens is 2. The van der Waals surface area contributed by atoms with E-state index in [1.807, 2.05) is 26.0 Å². The first-order valence-electron chi connectivity index (χ1n) is 7.89. The van der Waals surface area contributed by atoms with Crippen LogP contribution in [0.2, 0.25) is 0 Å². The summed E-state index contributed by atoms with van der Waals surface area (Å²) in [5, 5.41) is 3.92. The molecule has 0 aliphatic carbocycles. The van der Waals surface area contributed by atoms with E-state index in [0.29, 0.717) is 12.3 Å². The Morgan fingerprint density at radius 3 is 2.74 bits per heavy atom. The van der Waals surface area contributed by atoms with Gasteiger partial charge >= 0.3 is 0 Å². The maximum atomic E-state index is 12.9. The second kappa shape index (κ2) is 6.91. The summed E-state index contributed by atoms with van der Waals surface area (Å²) in [5.74, 6) is 0.712. The Morgan fingerprint density at radius 1 is 1.35 bits per heavy atom. The highest BCUT2D eigenvalue weighted by molar-refractivity contribution is 5.95. The molecule has 2 aromatic rings. The quantitative estimate of drug-likeness (QED) is 0.847. The molecule has 122 valence electrons. The SMILES string of the molecule is Cc1noc(C)c1CC(=O)N(CC1CCCO1)c1ccncc1. The van der Waals surface area contributed by atoms with Gasteiger partial charge in [-0.25, -0.2) is 0 Å². The van der Waals surface area contributed by atoms with E-state index in [1.54, 1.807) is 17.3 Å². The Bertz CT molecular complexity index is 643. The molecule has 1 unspecified atom stereocenters. The lowest BCUT2D eigenvalue weighted by atomic mass is 10.1. The van der Waals surface area contributed by atoms with Crippen LogP contribution in [-0.4, -0.2) is 35.3 Å². The fourth-order valence-corrected chi connectivity index (χ4v) is 2.87. The van der Waals surface area contributed by atoms with Crippen molar-refractivity contribution in [3.05, 3.63) is 41.5 Å². The van der Waals surface area contributed by atoms with Crippen LogP contribution in [0.1, 0.15) is 29.9 Å². The van der Waals surface area contributed by atoms with E-state index in [-0.39, 0.29) is 18.4 Å². The van der Waals surface area contributed by atoms with Crippen LogP contribution in [0.4, 0.5) is 5.69 Å². The Kier molecular flexibility index (Phi) is 4.71. The van der Waals surface area contributed by atoms with Crippen molar-refractivity contribution < 1.29 is 14.1 Å². The molecule has 1 saturated heterocycles. The molecule has 2 aromatic heterocycles. The molecule has 0 bridgehead atoms. The fourth-order valence-electron chi connectivity index (χ4n) is 2.87. The molecule has 6 nitrogen and oxygen atoms in total. The van der Waals surface area contributed by atoms with Crippen molar-refractivity contribution in [1.82, 2.24) is 10.1 Å². The average molecular weight is 315 g/mol. The number of amides is 1. The first-order valence-corrected chi connectivity index (χ1v) is 7.89. The fraction of sp³-hybridized carbons (Fsp3) is 0.471. The molecule has 0 spiro atoms. The van der Waals surface area contributed by atoms with Gasteiger partial charge in [0, 0.05) is 30.3 Å². The van der Waals surface area contributed by atoms with Gasteiger partial charge in [0.2, 0.25) is 5.91 Å². The van der Waals surface area contributed by atoms with E-state index in [2.05, 4.69) is 10.1 Å². The van der Waals surface area contributed by atoms with Crippen LogP contribution in [0.5, 0.6) is 0 Å². The molecule has 1 aliphatic heterocycles. The highest BCUT2D eigenvalue weighted by Gasteiger charge is 2.25. The van der Waals surface area contributed by atoms with Crippen molar-refractivity contribution in [3.8, 4) is 0 Å². The number of carbonyl (C=O) groups excluding carboxylic acids is 1. The normalized spacial score (nSPS) is 17.4. The lowest BCUT2D eigenvalue weighted by Gasteiger charge is -2.25. The maximum Gasteiger partial charge on any atom is 0.231 e. The van der Waals surface area contributed by atoms with Crippen molar-refractivity contribution in [2.45, 2.75) is 39.2 Å². The molecule has 3 rings (SSSR count). The van der Waals surface area contributed by atoms with Gasteiger partial charge in [-0.3, -0.25) is 9.78 Å². The lowest BCUT2D eigenvalue weighted by molar-refractivity contribution is -0.118. The third kappa shape index (κ3) is 3.59. The van der Waals surface area contributed by atoms with Gasteiger partial charge in [-0.15, -0.1) is 0 Å². The Labute approximate surface area is 135 Å². The van der Waals surface area contributed by atoms with Crippen molar-refractivity contribution >= 4 is 11.6 Å². The summed E-state index contributed by atoms with van der Waals surface area (Å²) in [7, 11) is 0. The summed E-state index contributed by atoms with van der Waals surface area (Å²) in [4.78, 5) is 18.7. The number of rotatable bonds is 5. The molecule has 0 aromatic carbocycles. The summed E-state index contributed by atoms with van der Waals surface area (Å²) in [5.41, 5.74) is 2.47. The van der Waals surface area contributed by atoms with Gasteiger partial charge < -0.3 is 14.2 Å². The standard InChI is InChI=1S/C17H21N3O3/c1-12-16(13(2)23-19-12)10-17(21)20(11-15-4-3-9-22-15)14-5-7-18-8-6-14/h5-8,15H,3-4,9-11H2,1-2H3. The molecule has 3 heterocycles. The number of nitrogens with zero attached hydrogens (tertiary/aromatic N) is 3. The predicted octanol–water partition coefficient (Wildman–Crippen LogP) is 2.44. The molecular weight excluding hydrogens is 294 g/mol. The number of anilines is 1. The molecule has 6 heteroatoms. The number of pyridine rings is 1. The molecule has 1 aliphatic rings. The largest absolute Gasteiger partial charge is 0.376 e. The van der Waals surface area contributed by atoms with Crippen LogP contribution in [0, 0.1) is 13.8 Å². The highest BCUT2D eigenvalue weighted by Crippen LogP contribution is 2.21. The lowest BCUT2D eigenvalue weighted by Crippen LogP contribution is -2.38. The first kappa shape index (κ1) is 15.7. The van der Waals surface area contributed by atoms with Crippen molar-refractivity contribution in [3.63, 3.8) is 0 Å². The van der Waals surface area contributed by atoms with Crippen LogP contribution < -0.4 is 4.90 Å². The molecule has 0 N–H and O–H groups in total. The summed E-state index contributed by atoms with van der Waals surface area (Å²) < 4.78 is 10.9. The van der Waals surface area contributed by atoms with Gasteiger partial charge in [-0.1, -0.05) is 5.16 Å². The number of aryl methyl sites for hydroxylation is 2. The number of ether oxygens (including phenoxy) is 1. The van der Waals surface area contributed by atoms with Gasteiger partial charge in [0.25, 0.3) is 0 Å².